The number of halogens is 2. The van der Waals surface area contributed by atoms with Crippen LogP contribution in [-0.4, -0.2) is 7.11 Å². The molecule has 19 heavy (non-hydrogen) atoms. The number of thioether (sulfide) groups is 1. The summed E-state index contributed by atoms with van der Waals surface area (Å²) in [6.45, 7) is 0. The number of ether oxygens (including phenoxy) is 1. The largest absolute Gasteiger partial charge is 0.497 e. The molecule has 0 fully saturated rings. The standard InChI is InChI=1S/C15H14BrClOS/c1-18-13-6-7-14(16)12(8-13)10-19-9-11-4-2-3-5-15(11)17/h2-8H,9-10H2,1H3. The fourth-order valence-electron chi connectivity index (χ4n) is 1.68. The van der Waals surface area contributed by atoms with E-state index in [2.05, 4.69) is 28.1 Å². The third-order valence-electron chi connectivity index (χ3n) is 2.73. The minimum Gasteiger partial charge on any atom is -0.497 e. The van der Waals surface area contributed by atoms with Crippen molar-refractivity contribution in [3.8, 4) is 5.75 Å². The molecule has 4 heteroatoms. The fourth-order valence-corrected chi connectivity index (χ4v) is 3.56. The smallest absolute Gasteiger partial charge is 0.119 e. The number of hydrogen-bond acceptors (Lipinski definition) is 2. The molecule has 2 rings (SSSR count). The summed E-state index contributed by atoms with van der Waals surface area (Å²) >= 11 is 11.5. The molecule has 0 aliphatic heterocycles. The van der Waals surface area contributed by atoms with E-state index in [0.29, 0.717) is 0 Å². The summed E-state index contributed by atoms with van der Waals surface area (Å²) < 4.78 is 6.35. The van der Waals surface area contributed by atoms with Gasteiger partial charge in [-0.05, 0) is 35.4 Å². The molecule has 0 unspecified atom stereocenters. The average molecular weight is 358 g/mol. The highest BCUT2D eigenvalue weighted by molar-refractivity contribution is 9.10. The molecule has 0 aliphatic carbocycles. The summed E-state index contributed by atoms with van der Waals surface area (Å²) in [6.07, 6.45) is 0. The predicted molar refractivity (Wildman–Crippen MR) is 87.1 cm³/mol. The first-order valence-electron chi connectivity index (χ1n) is 5.84. The van der Waals surface area contributed by atoms with Crippen molar-refractivity contribution in [2.45, 2.75) is 11.5 Å². The maximum Gasteiger partial charge on any atom is 0.119 e. The van der Waals surface area contributed by atoms with E-state index in [4.69, 9.17) is 16.3 Å². The number of hydrogen-bond donors (Lipinski definition) is 0. The van der Waals surface area contributed by atoms with E-state index in [9.17, 15) is 0 Å². The van der Waals surface area contributed by atoms with E-state index in [-0.39, 0.29) is 0 Å². The monoisotopic (exact) mass is 356 g/mol. The maximum absolute atomic E-state index is 6.14. The van der Waals surface area contributed by atoms with Crippen LogP contribution in [0.2, 0.25) is 5.02 Å². The zero-order valence-electron chi connectivity index (χ0n) is 10.5. The molecule has 0 N–H and O–H groups in total. The van der Waals surface area contributed by atoms with Crippen molar-refractivity contribution in [3.63, 3.8) is 0 Å². The van der Waals surface area contributed by atoms with Gasteiger partial charge in [0.15, 0.2) is 0 Å². The van der Waals surface area contributed by atoms with Crippen LogP contribution >= 0.6 is 39.3 Å². The van der Waals surface area contributed by atoms with Crippen molar-refractivity contribution in [1.82, 2.24) is 0 Å². The van der Waals surface area contributed by atoms with Crippen molar-refractivity contribution >= 4 is 39.3 Å². The minimum absolute atomic E-state index is 0.833. The number of rotatable bonds is 5. The van der Waals surface area contributed by atoms with Crippen molar-refractivity contribution in [2.24, 2.45) is 0 Å². The number of methoxy groups -OCH3 is 1. The van der Waals surface area contributed by atoms with Gasteiger partial charge in [0.25, 0.3) is 0 Å². The second-order valence-corrected chi connectivity index (χ2v) is 6.29. The predicted octanol–water partition coefficient (Wildman–Crippen LogP) is 5.54. The molecule has 0 spiro atoms. The molecule has 1 nitrogen and oxygen atoms in total. The minimum atomic E-state index is 0.833. The highest BCUT2D eigenvalue weighted by atomic mass is 79.9. The lowest BCUT2D eigenvalue weighted by molar-refractivity contribution is 0.414. The molecule has 2 aromatic carbocycles. The lowest BCUT2D eigenvalue weighted by Crippen LogP contribution is -1.89. The fraction of sp³-hybridized carbons (Fsp3) is 0.200. The lowest BCUT2D eigenvalue weighted by atomic mass is 10.2. The third kappa shape index (κ3) is 4.16. The van der Waals surface area contributed by atoms with Crippen LogP contribution in [0.1, 0.15) is 11.1 Å². The van der Waals surface area contributed by atoms with E-state index in [1.807, 2.05) is 42.1 Å². The molecule has 0 radical (unpaired) electrons. The molecular weight excluding hydrogens is 344 g/mol. The Morgan fingerprint density at radius 2 is 1.84 bits per heavy atom. The van der Waals surface area contributed by atoms with Gasteiger partial charge in [-0.2, -0.15) is 11.8 Å². The Hall–Kier alpha value is -0.640. The van der Waals surface area contributed by atoms with Crippen molar-refractivity contribution in [3.05, 3.63) is 63.1 Å². The van der Waals surface area contributed by atoms with Gasteiger partial charge in [-0.1, -0.05) is 45.7 Å². The van der Waals surface area contributed by atoms with E-state index >= 15 is 0 Å². The topological polar surface area (TPSA) is 9.23 Å². The van der Waals surface area contributed by atoms with Crippen LogP contribution in [0.4, 0.5) is 0 Å². The number of benzene rings is 2. The van der Waals surface area contributed by atoms with Crippen molar-refractivity contribution in [2.75, 3.05) is 7.11 Å². The normalized spacial score (nSPS) is 10.5. The van der Waals surface area contributed by atoms with Gasteiger partial charge in [-0.3, -0.25) is 0 Å². The summed E-state index contributed by atoms with van der Waals surface area (Å²) in [5, 5.41) is 0.833. The van der Waals surface area contributed by atoms with Gasteiger partial charge in [0.1, 0.15) is 5.75 Å². The summed E-state index contributed by atoms with van der Waals surface area (Å²) in [6, 6.07) is 14.0. The Kier molecular flexibility index (Phi) is 5.61. The summed E-state index contributed by atoms with van der Waals surface area (Å²) in [4.78, 5) is 0. The van der Waals surface area contributed by atoms with Gasteiger partial charge < -0.3 is 4.74 Å². The van der Waals surface area contributed by atoms with Crippen molar-refractivity contribution in [1.29, 1.82) is 0 Å². The second kappa shape index (κ2) is 7.22. The first-order chi connectivity index (χ1) is 9.20. The molecule has 0 bridgehead atoms. The molecule has 2 aromatic rings. The van der Waals surface area contributed by atoms with E-state index in [1.165, 1.54) is 11.1 Å². The second-order valence-electron chi connectivity index (χ2n) is 4.04. The van der Waals surface area contributed by atoms with Crippen LogP contribution in [0, 0.1) is 0 Å². The summed E-state index contributed by atoms with van der Waals surface area (Å²) in [7, 11) is 1.68. The molecule has 0 heterocycles. The Morgan fingerprint density at radius 1 is 1.11 bits per heavy atom. The maximum atomic E-state index is 6.14. The Morgan fingerprint density at radius 3 is 2.58 bits per heavy atom. The molecule has 0 aromatic heterocycles. The van der Waals surface area contributed by atoms with Crippen LogP contribution in [0.15, 0.2) is 46.9 Å². The van der Waals surface area contributed by atoms with Gasteiger partial charge in [0.2, 0.25) is 0 Å². The molecule has 0 saturated heterocycles. The molecular formula is C15H14BrClOS. The van der Waals surface area contributed by atoms with Crippen LogP contribution in [0.3, 0.4) is 0 Å². The first kappa shape index (κ1) is 14.8. The molecule has 0 amide bonds. The SMILES string of the molecule is COc1ccc(Br)c(CSCc2ccccc2Cl)c1. The Labute approximate surface area is 131 Å². The van der Waals surface area contributed by atoms with Crippen LogP contribution in [0.25, 0.3) is 0 Å². The third-order valence-corrected chi connectivity index (χ3v) is 4.90. The summed E-state index contributed by atoms with van der Waals surface area (Å²) in [5.74, 6) is 2.71. The molecule has 0 aliphatic rings. The summed E-state index contributed by atoms with van der Waals surface area (Å²) in [5.41, 5.74) is 2.41. The van der Waals surface area contributed by atoms with Gasteiger partial charge >= 0.3 is 0 Å². The Balaban J connectivity index is 1.98. The van der Waals surface area contributed by atoms with E-state index in [1.54, 1.807) is 7.11 Å². The first-order valence-corrected chi connectivity index (χ1v) is 8.17. The highest BCUT2D eigenvalue weighted by Crippen LogP contribution is 2.28. The van der Waals surface area contributed by atoms with Crippen LogP contribution in [0.5, 0.6) is 5.75 Å². The van der Waals surface area contributed by atoms with E-state index < -0.39 is 0 Å². The van der Waals surface area contributed by atoms with Gasteiger partial charge in [-0.15, -0.1) is 0 Å². The zero-order valence-corrected chi connectivity index (χ0v) is 13.7. The Bertz CT molecular complexity index is 560. The van der Waals surface area contributed by atoms with Gasteiger partial charge in [-0.25, -0.2) is 0 Å². The molecule has 100 valence electrons. The van der Waals surface area contributed by atoms with Crippen LogP contribution < -0.4 is 4.74 Å². The lowest BCUT2D eigenvalue weighted by Gasteiger charge is -2.08. The van der Waals surface area contributed by atoms with Crippen LogP contribution in [-0.2, 0) is 11.5 Å². The molecule has 0 atom stereocenters. The zero-order chi connectivity index (χ0) is 13.7. The van der Waals surface area contributed by atoms with Gasteiger partial charge in [0.05, 0.1) is 7.11 Å². The average Bonchev–Trinajstić information content (AvgIpc) is 2.43. The highest BCUT2D eigenvalue weighted by Gasteiger charge is 2.04. The molecule has 0 saturated carbocycles. The van der Waals surface area contributed by atoms with Gasteiger partial charge in [0, 0.05) is 21.0 Å². The van der Waals surface area contributed by atoms with Crippen molar-refractivity contribution < 1.29 is 4.74 Å². The quantitative estimate of drug-likeness (QED) is 0.694. The van der Waals surface area contributed by atoms with E-state index in [0.717, 1.165) is 26.8 Å².